The molecule has 1 aliphatic carbocycles. The number of aliphatic hydroxyl groups excluding tert-OH is 1. The molecule has 0 bridgehead atoms. The van der Waals surface area contributed by atoms with Crippen molar-refractivity contribution in [3.63, 3.8) is 0 Å². The molecule has 0 aromatic carbocycles. The van der Waals surface area contributed by atoms with Gasteiger partial charge in [0, 0.05) is 31.7 Å². The average Bonchev–Trinajstić information content (AvgIpc) is 2.41. The Morgan fingerprint density at radius 2 is 1.65 bits per heavy atom. The van der Waals surface area contributed by atoms with Crippen molar-refractivity contribution < 1.29 is 15.0 Å². The summed E-state index contributed by atoms with van der Waals surface area (Å²) in [5, 5.41) is 18.6. The van der Waals surface area contributed by atoms with Gasteiger partial charge in [0.2, 0.25) is 0 Å². The van der Waals surface area contributed by atoms with E-state index in [0.29, 0.717) is 19.0 Å². The number of hydrogen-bond acceptors (Lipinski definition) is 3. The van der Waals surface area contributed by atoms with Gasteiger partial charge in [0.1, 0.15) is 0 Å². The number of piperazine rings is 1. The summed E-state index contributed by atoms with van der Waals surface area (Å²) < 4.78 is 0. The molecule has 2 N–H and O–H groups in total. The monoisotopic (exact) mass is 284 g/mol. The summed E-state index contributed by atoms with van der Waals surface area (Å²) in [6, 6.07) is 0. The molecule has 2 aliphatic rings. The van der Waals surface area contributed by atoms with Gasteiger partial charge in [-0.3, -0.25) is 4.90 Å². The molecule has 5 nitrogen and oxygen atoms in total. The summed E-state index contributed by atoms with van der Waals surface area (Å²) in [7, 11) is 0. The predicted octanol–water partition coefficient (Wildman–Crippen LogP) is 2.00. The maximum atomic E-state index is 10.9. The Morgan fingerprint density at radius 1 is 1.10 bits per heavy atom. The number of nitrogens with zero attached hydrogens (tertiary/aromatic N) is 2. The quantitative estimate of drug-likeness (QED) is 0.832. The van der Waals surface area contributed by atoms with Gasteiger partial charge in [-0.1, -0.05) is 0 Å². The Kier molecular flexibility index (Phi) is 4.91. The van der Waals surface area contributed by atoms with Crippen LogP contribution in [0.1, 0.15) is 46.0 Å². The lowest BCUT2D eigenvalue weighted by Crippen LogP contribution is -2.56. The molecule has 0 unspecified atom stereocenters. The number of aliphatic hydroxyl groups is 1. The molecular weight excluding hydrogens is 256 g/mol. The van der Waals surface area contributed by atoms with Crippen molar-refractivity contribution in [3.05, 3.63) is 0 Å². The highest BCUT2D eigenvalue weighted by atomic mass is 16.4. The molecule has 2 rings (SSSR count). The van der Waals surface area contributed by atoms with Gasteiger partial charge in [-0.05, 0) is 51.9 Å². The van der Waals surface area contributed by atoms with E-state index in [-0.39, 0.29) is 11.6 Å². The lowest BCUT2D eigenvalue weighted by Gasteiger charge is -2.45. The molecule has 0 aromatic heterocycles. The van der Waals surface area contributed by atoms with Crippen LogP contribution in [0.15, 0.2) is 0 Å². The maximum Gasteiger partial charge on any atom is 0.407 e. The summed E-state index contributed by atoms with van der Waals surface area (Å²) in [6.45, 7) is 7.43. The fourth-order valence-electron chi connectivity index (χ4n) is 3.69. The predicted molar refractivity (Wildman–Crippen MR) is 77.8 cm³/mol. The minimum atomic E-state index is -0.802. The minimum Gasteiger partial charge on any atom is -0.465 e. The highest BCUT2D eigenvalue weighted by Gasteiger charge is 2.34. The summed E-state index contributed by atoms with van der Waals surface area (Å²) in [4.78, 5) is 14.9. The van der Waals surface area contributed by atoms with Crippen LogP contribution >= 0.6 is 0 Å². The normalized spacial score (nSPS) is 29.4. The van der Waals surface area contributed by atoms with E-state index < -0.39 is 6.09 Å². The van der Waals surface area contributed by atoms with Gasteiger partial charge >= 0.3 is 6.09 Å². The molecule has 0 atom stereocenters. The molecule has 1 saturated heterocycles. The fraction of sp³-hybridized carbons (Fsp3) is 0.933. The van der Waals surface area contributed by atoms with Crippen LogP contribution < -0.4 is 0 Å². The molecule has 1 saturated carbocycles. The third kappa shape index (κ3) is 3.85. The molecular formula is C15H28N2O3. The molecule has 116 valence electrons. The van der Waals surface area contributed by atoms with E-state index in [9.17, 15) is 9.90 Å². The van der Waals surface area contributed by atoms with Crippen LogP contribution in [0.25, 0.3) is 0 Å². The molecule has 2 fully saturated rings. The van der Waals surface area contributed by atoms with Crippen molar-refractivity contribution in [1.29, 1.82) is 0 Å². The number of carbonyl (C=O) groups is 1. The molecule has 0 aromatic rings. The lowest BCUT2D eigenvalue weighted by atomic mass is 9.79. The molecule has 20 heavy (non-hydrogen) atoms. The Labute approximate surface area is 121 Å². The Morgan fingerprint density at radius 3 is 2.15 bits per heavy atom. The number of amides is 1. The van der Waals surface area contributed by atoms with Crippen LogP contribution in [0.2, 0.25) is 0 Å². The van der Waals surface area contributed by atoms with Crippen LogP contribution in [0, 0.1) is 5.92 Å². The molecule has 1 heterocycles. The highest BCUT2D eigenvalue weighted by Crippen LogP contribution is 2.33. The lowest BCUT2D eigenvalue weighted by molar-refractivity contribution is 0.0271. The van der Waals surface area contributed by atoms with Crippen molar-refractivity contribution in [2.45, 2.75) is 57.6 Å². The van der Waals surface area contributed by atoms with Crippen LogP contribution in [0.3, 0.4) is 0 Å². The van der Waals surface area contributed by atoms with E-state index in [1.54, 1.807) is 0 Å². The molecule has 0 radical (unpaired) electrons. The largest absolute Gasteiger partial charge is 0.465 e. The summed E-state index contributed by atoms with van der Waals surface area (Å²) >= 11 is 0. The maximum absolute atomic E-state index is 10.9. The average molecular weight is 284 g/mol. The van der Waals surface area contributed by atoms with E-state index in [1.807, 2.05) is 0 Å². The van der Waals surface area contributed by atoms with Crippen molar-refractivity contribution in [2.75, 3.05) is 26.2 Å². The molecule has 0 spiro atoms. The second-order valence-electron chi connectivity index (χ2n) is 6.95. The summed E-state index contributed by atoms with van der Waals surface area (Å²) in [6.07, 6.45) is 4.38. The second kappa shape index (κ2) is 6.31. The smallest absolute Gasteiger partial charge is 0.407 e. The third-order valence-electron chi connectivity index (χ3n) is 5.01. The first-order valence-corrected chi connectivity index (χ1v) is 7.79. The van der Waals surface area contributed by atoms with Gasteiger partial charge in [-0.15, -0.1) is 0 Å². The highest BCUT2D eigenvalue weighted by molar-refractivity contribution is 5.65. The first kappa shape index (κ1) is 15.6. The molecule has 1 aliphatic heterocycles. The van der Waals surface area contributed by atoms with Crippen molar-refractivity contribution in [3.8, 4) is 0 Å². The van der Waals surface area contributed by atoms with Gasteiger partial charge in [-0.25, -0.2) is 4.79 Å². The van der Waals surface area contributed by atoms with Crippen LogP contribution in [0.4, 0.5) is 4.79 Å². The molecule has 1 amide bonds. The van der Waals surface area contributed by atoms with Crippen LogP contribution in [0.5, 0.6) is 0 Å². The first-order chi connectivity index (χ1) is 9.38. The standard InChI is InChI=1S/C15H28N2O3/c1-15(2,11-12-3-5-13(18)6-4-12)17-9-7-16(8-10-17)14(19)20/h12-13,18H,3-11H2,1-2H3,(H,19,20). The third-order valence-corrected chi connectivity index (χ3v) is 5.01. The zero-order chi connectivity index (χ0) is 14.8. The van der Waals surface area contributed by atoms with Gasteiger partial charge in [0.05, 0.1) is 6.10 Å². The van der Waals surface area contributed by atoms with Gasteiger partial charge in [0.15, 0.2) is 0 Å². The summed E-state index contributed by atoms with van der Waals surface area (Å²) in [5.74, 6) is 0.700. The van der Waals surface area contributed by atoms with Gasteiger partial charge in [-0.2, -0.15) is 0 Å². The number of rotatable bonds is 3. The summed E-state index contributed by atoms with van der Waals surface area (Å²) in [5.41, 5.74) is 0.123. The second-order valence-corrected chi connectivity index (χ2v) is 6.95. The van der Waals surface area contributed by atoms with E-state index in [4.69, 9.17) is 5.11 Å². The number of hydrogen-bond donors (Lipinski definition) is 2. The van der Waals surface area contributed by atoms with E-state index in [0.717, 1.165) is 45.2 Å². The zero-order valence-corrected chi connectivity index (χ0v) is 12.7. The van der Waals surface area contributed by atoms with Gasteiger partial charge in [0.25, 0.3) is 0 Å². The SMILES string of the molecule is CC(C)(CC1CCC(O)CC1)N1CCN(C(=O)O)CC1. The van der Waals surface area contributed by atoms with E-state index >= 15 is 0 Å². The Bertz CT molecular complexity index is 330. The number of carboxylic acid groups (broad SMARTS) is 1. The first-order valence-electron chi connectivity index (χ1n) is 7.79. The van der Waals surface area contributed by atoms with Crippen molar-refractivity contribution in [1.82, 2.24) is 9.80 Å². The van der Waals surface area contributed by atoms with Gasteiger partial charge < -0.3 is 15.1 Å². The Balaban J connectivity index is 1.83. The zero-order valence-electron chi connectivity index (χ0n) is 12.7. The van der Waals surface area contributed by atoms with Crippen molar-refractivity contribution in [2.24, 2.45) is 5.92 Å². The minimum absolute atomic E-state index is 0.0894. The van der Waals surface area contributed by atoms with Crippen LogP contribution in [-0.4, -0.2) is 63.9 Å². The van der Waals surface area contributed by atoms with Crippen LogP contribution in [-0.2, 0) is 0 Å². The topological polar surface area (TPSA) is 64.0 Å². The Hall–Kier alpha value is -0.810. The van der Waals surface area contributed by atoms with Crippen molar-refractivity contribution >= 4 is 6.09 Å². The van der Waals surface area contributed by atoms with E-state index in [2.05, 4.69) is 18.7 Å². The van der Waals surface area contributed by atoms with E-state index in [1.165, 1.54) is 4.90 Å². The molecule has 5 heteroatoms. The fourth-order valence-corrected chi connectivity index (χ4v) is 3.69.